The normalized spacial score (nSPS) is 10.5. The number of anilines is 1. The van der Waals surface area contributed by atoms with Crippen LogP contribution in [-0.2, 0) is 0 Å². The van der Waals surface area contributed by atoms with Crippen LogP contribution < -0.4 is 10.7 Å². The zero-order valence-corrected chi connectivity index (χ0v) is 11.7. The molecular formula is C15H14ClN3O. The quantitative estimate of drug-likeness (QED) is 0.655. The number of benzene rings is 2. The number of rotatable bonds is 3. The Morgan fingerprint density at radius 2 is 1.95 bits per heavy atom. The standard InChI is InChI=1S/C15H14ClN3O/c1-11-5-7-12(8-6-11)10-17-19-15(20)18-14-4-2-3-13(16)9-14/h2-10H,1H3,(H2,18,19,20)/b17-10-. The maximum Gasteiger partial charge on any atom is 0.339 e. The van der Waals surface area contributed by atoms with E-state index in [1.807, 2.05) is 31.2 Å². The van der Waals surface area contributed by atoms with Crippen LogP contribution in [0, 0.1) is 6.92 Å². The van der Waals surface area contributed by atoms with Crippen molar-refractivity contribution < 1.29 is 4.79 Å². The van der Waals surface area contributed by atoms with Crippen LogP contribution in [0.2, 0.25) is 5.02 Å². The summed E-state index contributed by atoms with van der Waals surface area (Å²) in [5.41, 5.74) is 5.09. The molecule has 102 valence electrons. The van der Waals surface area contributed by atoms with E-state index in [1.54, 1.807) is 30.5 Å². The van der Waals surface area contributed by atoms with Gasteiger partial charge in [0.25, 0.3) is 0 Å². The lowest BCUT2D eigenvalue weighted by Gasteiger charge is -2.04. The van der Waals surface area contributed by atoms with Crippen molar-refractivity contribution in [1.29, 1.82) is 0 Å². The van der Waals surface area contributed by atoms with Gasteiger partial charge in [0, 0.05) is 10.7 Å². The largest absolute Gasteiger partial charge is 0.339 e. The number of urea groups is 1. The van der Waals surface area contributed by atoms with Crippen molar-refractivity contribution >= 4 is 29.5 Å². The van der Waals surface area contributed by atoms with Gasteiger partial charge in [0.15, 0.2) is 0 Å². The Bertz CT molecular complexity index is 623. The number of halogens is 1. The maximum absolute atomic E-state index is 11.6. The number of carbonyl (C=O) groups excluding carboxylic acids is 1. The van der Waals surface area contributed by atoms with E-state index >= 15 is 0 Å². The van der Waals surface area contributed by atoms with Gasteiger partial charge >= 0.3 is 6.03 Å². The zero-order chi connectivity index (χ0) is 14.4. The summed E-state index contributed by atoms with van der Waals surface area (Å²) in [5, 5.41) is 7.06. The van der Waals surface area contributed by atoms with E-state index in [0.29, 0.717) is 10.7 Å². The van der Waals surface area contributed by atoms with Gasteiger partial charge in [-0.15, -0.1) is 0 Å². The van der Waals surface area contributed by atoms with Crippen molar-refractivity contribution in [3.8, 4) is 0 Å². The molecule has 5 heteroatoms. The first kappa shape index (κ1) is 14.1. The number of nitrogens with zero attached hydrogens (tertiary/aromatic N) is 1. The highest BCUT2D eigenvalue weighted by Crippen LogP contribution is 2.14. The molecule has 0 aliphatic rings. The summed E-state index contributed by atoms with van der Waals surface area (Å²) in [6.45, 7) is 2.01. The summed E-state index contributed by atoms with van der Waals surface area (Å²) in [4.78, 5) is 11.6. The van der Waals surface area contributed by atoms with E-state index < -0.39 is 6.03 Å². The third-order valence-electron chi connectivity index (χ3n) is 2.54. The van der Waals surface area contributed by atoms with Crippen LogP contribution in [0.5, 0.6) is 0 Å². The summed E-state index contributed by atoms with van der Waals surface area (Å²) in [7, 11) is 0. The van der Waals surface area contributed by atoms with E-state index in [9.17, 15) is 4.79 Å². The Kier molecular flexibility index (Phi) is 4.74. The summed E-state index contributed by atoms with van der Waals surface area (Å²) in [6.07, 6.45) is 1.58. The highest BCUT2D eigenvalue weighted by Gasteiger charge is 1.99. The summed E-state index contributed by atoms with van der Waals surface area (Å²) >= 11 is 5.82. The number of hydrazone groups is 1. The van der Waals surface area contributed by atoms with Gasteiger partial charge in [-0.05, 0) is 30.7 Å². The Hall–Kier alpha value is -2.33. The van der Waals surface area contributed by atoms with E-state index in [0.717, 1.165) is 5.56 Å². The van der Waals surface area contributed by atoms with E-state index in [2.05, 4.69) is 15.8 Å². The second kappa shape index (κ2) is 6.73. The number of amides is 2. The van der Waals surface area contributed by atoms with Gasteiger partial charge in [0.1, 0.15) is 0 Å². The maximum atomic E-state index is 11.6. The molecule has 2 aromatic carbocycles. The molecule has 0 saturated heterocycles. The molecule has 2 rings (SSSR count). The van der Waals surface area contributed by atoms with Crippen LogP contribution in [0.25, 0.3) is 0 Å². The van der Waals surface area contributed by atoms with Crippen molar-refractivity contribution in [3.05, 3.63) is 64.7 Å². The van der Waals surface area contributed by atoms with Gasteiger partial charge in [-0.2, -0.15) is 5.10 Å². The average Bonchev–Trinajstić information content (AvgIpc) is 2.41. The SMILES string of the molecule is Cc1ccc(/C=N\NC(=O)Nc2cccc(Cl)c2)cc1. The number of aryl methyl sites for hydroxylation is 1. The molecule has 2 aromatic rings. The van der Waals surface area contributed by atoms with Crippen LogP contribution >= 0.6 is 11.6 Å². The zero-order valence-electron chi connectivity index (χ0n) is 10.9. The molecule has 2 N–H and O–H groups in total. The molecule has 0 aliphatic carbocycles. The smallest absolute Gasteiger partial charge is 0.306 e. The van der Waals surface area contributed by atoms with Gasteiger partial charge in [-0.3, -0.25) is 0 Å². The Morgan fingerprint density at radius 3 is 2.65 bits per heavy atom. The van der Waals surface area contributed by atoms with Crippen molar-refractivity contribution in [1.82, 2.24) is 5.43 Å². The number of hydrogen-bond donors (Lipinski definition) is 2. The average molecular weight is 288 g/mol. The predicted molar refractivity (Wildman–Crippen MR) is 82.4 cm³/mol. The minimum atomic E-state index is -0.421. The summed E-state index contributed by atoms with van der Waals surface area (Å²) in [5.74, 6) is 0. The van der Waals surface area contributed by atoms with Crippen molar-refractivity contribution in [2.45, 2.75) is 6.92 Å². The van der Waals surface area contributed by atoms with Gasteiger partial charge in [-0.1, -0.05) is 47.5 Å². The molecule has 0 fully saturated rings. The van der Waals surface area contributed by atoms with Crippen LogP contribution in [0.3, 0.4) is 0 Å². The predicted octanol–water partition coefficient (Wildman–Crippen LogP) is 3.80. The Morgan fingerprint density at radius 1 is 1.20 bits per heavy atom. The fourth-order valence-corrected chi connectivity index (χ4v) is 1.73. The van der Waals surface area contributed by atoms with Crippen molar-refractivity contribution in [2.24, 2.45) is 5.10 Å². The first-order valence-electron chi connectivity index (χ1n) is 6.06. The third-order valence-corrected chi connectivity index (χ3v) is 2.77. The van der Waals surface area contributed by atoms with Crippen LogP contribution in [0.1, 0.15) is 11.1 Å². The van der Waals surface area contributed by atoms with Crippen LogP contribution in [0.15, 0.2) is 53.6 Å². The molecule has 0 radical (unpaired) electrons. The van der Waals surface area contributed by atoms with Crippen LogP contribution in [0.4, 0.5) is 10.5 Å². The van der Waals surface area contributed by atoms with E-state index in [4.69, 9.17) is 11.6 Å². The number of carbonyl (C=O) groups is 1. The minimum absolute atomic E-state index is 0.421. The molecule has 0 heterocycles. The van der Waals surface area contributed by atoms with Gasteiger partial charge < -0.3 is 5.32 Å². The van der Waals surface area contributed by atoms with E-state index in [-0.39, 0.29) is 0 Å². The molecule has 0 atom stereocenters. The summed E-state index contributed by atoms with van der Waals surface area (Å²) < 4.78 is 0. The molecule has 0 saturated carbocycles. The molecular weight excluding hydrogens is 274 g/mol. The van der Waals surface area contributed by atoms with Gasteiger partial charge in [0.05, 0.1) is 6.21 Å². The molecule has 20 heavy (non-hydrogen) atoms. The summed E-state index contributed by atoms with van der Waals surface area (Å²) in [6, 6.07) is 14.3. The lowest BCUT2D eigenvalue weighted by atomic mass is 10.2. The molecule has 0 bridgehead atoms. The first-order valence-corrected chi connectivity index (χ1v) is 6.43. The highest BCUT2D eigenvalue weighted by atomic mass is 35.5. The molecule has 0 aromatic heterocycles. The topological polar surface area (TPSA) is 53.5 Å². The fourth-order valence-electron chi connectivity index (χ4n) is 1.54. The monoisotopic (exact) mass is 287 g/mol. The van der Waals surface area contributed by atoms with Crippen molar-refractivity contribution in [2.75, 3.05) is 5.32 Å². The second-order valence-corrected chi connectivity index (χ2v) is 4.68. The third kappa shape index (κ3) is 4.40. The molecule has 0 unspecified atom stereocenters. The number of hydrogen-bond acceptors (Lipinski definition) is 2. The Labute approximate surface area is 122 Å². The second-order valence-electron chi connectivity index (χ2n) is 4.25. The molecule has 0 aliphatic heterocycles. The first-order chi connectivity index (χ1) is 9.63. The lowest BCUT2D eigenvalue weighted by molar-refractivity contribution is 0.252. The Balaban J connectivity index is 1.87. The molecule has 4 nitrogen and oxygen atoms in total. The number of nitrogens with one attached hydrogen (secondary N) is 2. The van der Waals surface area contributed by atoms with Crippen LogP contribution in [-0.4, -0.2) is 12.2 Å². The lowest BCUT2D eigenvalue weighted by Crippen LogP contribution is -2.24. The molecule has 2 amide bonds. The minimum Gasteiger partial charge on any atom is -0.306 e. The van der Waals surface area contributed by atoms with Gasteiger partial charge in [0.2, 0.25) is 0 Å². The van der Waals surface area contributed by atoms with Crippen molar-refractivity contribution in [3.63, 3.8) is 0 Å². The van der Waals surface area contributed by atoms with Gasteiger partial charge in [-0.25, -0.2) is 10.2 Å². The molecule has 0 spiro atoms. The highest BCUT2D eigenvalue weighted by molar-refractivity contribution is 6.30. The fraction of sp³-hybridized carbons (Fsp3) is 0.0667. The van der Waals surface area contributed by atoms with E-state index in [1.165, 1.54) is 5.56 Å².